The summed E-state index contributed by atoms with van der Waals surface area (Å²) in [7, 11) is 5.28. The number of pyridine rings is 1. The van der Waals surface area contributed by atoms with Crippen LogP contribution in [-0.4, -0.2) is 120 Å². The molecule has 0 saturated carbocycles. The summed E-state index contributed by atoms with van der Waals surface area (Å²) >= 11 is 0. The van der Waals surface area contributed by atoms with Crippen molar-refractivity contribution >= 4 is 34.5 Å². The number of aliphatic hydroxyl groups excluding tert-OH is 1. The lowest BCUT2D eigenvalue weighted by molar-refractivity contribution is -0.295. The van der Waals surface area contributed by atoms with Crippen molar-refractivity contribution in [2.45, 2.75) is 129 Å². The Kier molecular flexibility index (Phi) is 14.0. The Hall–Kier alpha value is -4.13. The van der Waals surface area contributed by atoms with Crippen LogP contribution in [0, 0.1) is 35.5 Å². The molecule has 0 spiro atoms. The Bertz CT molecular complexity index is 1850. The van der Waals surface area contributed by atoms with Gasteiger partial charge < -0.3 is 43.3 Å². The van der Waals surface area contributed by atoms with Crippen LogP contribution in [0.15, 0.2) is 41.7 Å². The van der Waals surface area contributed by atoms with Gasteiger partial charge in [-0.2, -0.15) is 0 Å². The van der Waals surface area contributed by atoms with Crippen molar-refractivity contribution in [2.75, 3.05) is 27.8 Å². The molecule has 13 atom stereocenters. The van der Waals surface area contributed by atoms with E-state index in [0.717, 1.165) is 16.5 Å². The van der Waals surface area contributed by atoms with Gasteiger partial charge in [0.1, 0.15) is 18.1 Å². The number of fused-ring (bicyclic) bond motifs is 2. The van der Waals surface area contributed by atoms with Crippen molar-refractivity contribution in [3.05, 3.63) is 42.1 Å². The molecular formula is C43H59N3O11. The van der Waals surface area contributed by atoms with E-state index in [1.54, 1.807) is 27.0 Å². The van der Waals surface area contributed by atoms with Crippen molar-refractivity contribution in [3.8, 4) is 11.8 Å². The van der Waals surface area contributed by atoms with Crippen molar-refractivity contribution in [3.63, 3.8) is 0 Å². The third kappa shape index (κ3) is 9.29. The second-order valence-corrected chi connectivity index (χ2v) is 16.3. The molecule has 0 amide bonds. The monoisotopic (exact) mass is 793 g/mol. The van der Waals surface area contributed by atoms with Crippen molar-refractivity contribution in [2.24, 2.45) is 28.8 Å². The van der Waals surface area contributed by atoms with Crippen molar-refractivity contribution in [1.29, 1.82) is 0 Å². The molecule has 3 aliphatic rings. The highest BCUT2D eigenvalue weighted by atomic mass is 16.8. The number of carbonyl (C=O) groups excluding carboxylic acids is 3. The molecule has 3 aliphatic heterocycles. The topological polar surface area (TPSA) is 165 Å². The number of benzene rings is 1. The maximum atomic E-state index is 14.3. The number of aliphatic hydroxyl groups is 1. The van der Waals surface area contributed by atoms with Crippen LogP contribution < -0.4 is 0 Å². The highest BCUT2D eigenvalue weighted by molar-refractivity contribution is 6.00. The first-order chi connectivity index (χ1) is 26.9. The number of aromatic nitrogens is 1. The van der Waals surface area contributed by atoms with E-state index in [9.17, 15) is 19.5 Å². The number of esters is 1. The molecule has 312 valence electrons. The van der Waals surface area contributed by atoms with Gasteiger partial charge in [-0.25, -0.2) is 4.79 Å². The van der Waals surface area contributed by atoms with E-state index < -0.39 is 83.5 Å². The van der Waals surface area contributed by atoms with Crippen LogP contribution in [0.5, 0.6) is 0 Å². The van der Waals surface area contributed by atoms with E-state index in [-0.39, 0.29) is 31.6 Å². The summed E-state index contributed by atoms with van der Waals surface area (Å²) in [6.07, 6.45) is -3.55. The number of oxime groups is 1. The molecule has 0 radical (unpaired) electrons. The van der Waals surface area contributed by atoms with Gasteiger partial charge in [-0.15, -0.1) is 0 Å². The molecule has 1 aromatic carbocycles. The zero-order chi connectivity index (χ0) is 41.8. The molecule has 1 N–H and O–H groups in total. The molecule has 0 aliphatic carbocycles. The first-order valence-corrected chi connectivity index (χ1v) is 19.8. The highest BCUT2D eigenvalue weighted by Gasteiger charge is 2.58. The molecule has 3 saturated heterocycles. The molecule has 0 unspecified atom stereocenters. The largest absolute Gasteiger partial charge is 0.509 e. The lowest BCUT2D eigenvalue weighted by Crippen LogP contribution is -2.59. The summed E-state index contributed by atoms with van der Waals surface area (Å²) in [5.74, 6) is 1.71. The fourth-order valence-corrected chi connectivity index (χ4v) is 8.71. The number of ketones is 1. The van der Waals surface area contributed by atoms with Gasteiger partial charge >= 0.3 is 12.1 Å². The van der Waals surface area contributed by atoms with Gasteiger partial charge in [-0.3, -0.25) is 14.6 Å². The molecule has 14 nitrogen and oxygen atoms in total. The zero-order valence-electron chi connectivity index (χ0n) is 35.0. The molecule has 57 heavy (non-hydrogen) atoms. The highest BCUT2D eigenvalue weighted by Crippen LogP contribution is 2.42. The van der Waals surface area contributed by atoms with E-state index in [0.29, 0.717) is 12.1 Å². The van der Waals surface area contributed by atoms with Crippen molar-refractivity contribution in [1.82, 2.24) is 9.88 Å². The Balaban J connectivity index is 1.56. The molecular weight excluding hydrogens is 734 g/mol. The number of Topliss-reactive ketones (excluding diaryl/α,β-unsaturated/α-hetero) is 1. The minimum absolute atomic E-state index is 0.0636. The Labute approximate surface area is 335 Å². The lowest BCUT2D eigenvalue weighted by Gasteiger charge is -2.47. The summed E-state index contributed by atoms with van der Waals surface area (Å²) < 4.78 is 36.8. The molecule has 3 fully saturated rings. The number of hydrogen-bond donors (Lipinski definition) is 1. The number of para-hydroxylation sites is 1. The van der Waals surface area contributed by atoms with E-state index in [1.807, 2.05) is 77.0 Å². The van der Waals surface area contributed by atoms with Gasteiger partial charge in [-0.05, 0) is 73.2 Å². The first-order valence-electron chi connectivity index (χ1n) is 19.8. The summed E-state index contributed by atoms with van der Waals surface area (Å²) in [5.41, 5.74) is -0.567. The van der Waals surface area contributed by atoms with Gasteiger partial charge in [0.2, 0.25) is 0 Å². The van der Waals surface area contributed by atoms with Gasteiger partial charge in [0.25, 0.3) is 0 Å². The minimum atomic E-state index is -1.44. The third-order valence-corrected chi connectivity index (χ3v) is 12.0. The minimum Gasteiger partial charge on any atom is -0.457 e. The maximum absolute atomic E-state index is 14.3. The fourth-order valence-electron chi connectivity index (χ4n) is 8.71. The quantitative estimate of drug-likeness (QED) is 0.126. The molecule has 1 aromatic heterocycles. The second kappa shape index (κ2) is 18.2. The average Bonchev–Trinajstić information content (AvgIpc) is 3.50. The summed E-state index contributed by atoms with van der Waals surface area (Å²) in [4.78, 5) is 53.3. The smallest absolute Gasteiger partial charge is 0.457 e. The number of cyclic esters (lactones) is 1. The van der Waals surface area contributed by atoms with Crippen LogP contribution in [0.4, 0.5) is 4.79 Å². The summed E-state index contributed by atoms with van der Waals surface area (Å²) in [6.45, 7) is 14.1. The second-order valence-electron chi connectivity index (χ2n) is 16.3. The third-order valence-electron chi connectivity index (χ3n) is 12.0. The van der Waals surface area contributed by atoms with Crippen molar-refractivity contribution < 1.29 is 52.7 Å². The van der Waals surface area contributed by atoms with Gasteiger partial charge in [0, 0.05) is 48.1 Å². The van der Waals surface area contributed by atoms with E-state index in [1.165, 1.54) is 14.0 Å². The van der Waals surface area contributed by atoms with Crippen LogP contribution in [0.1, 0.15) is 80.2 Å². The number of nitrogens with zero attached hydrogens (tertiary/aromatic N) is 3. The standard InChI is InChI=1S/C43H59N3O11/c1-12-33-43(8)38(56-41(50)57-43)26(4)34(45-52-21-15-16-29-19-20-44-31-18-14-13-17-30(29)31)24(2)23-42(7,51-11)37(27(5)35(47)28(6)39(49)54-33)55-40-36(48)32(46(9)10)22-25(3)53-40/h13-14,17-20,24-28,32-33,36-38,40,48H,12,21-23H2,1-11H3/b45-34+/t24-,25-,26+,27+,28-,32+,33-,36-,37-,38-,40+,42-,43-/m1/s1. The normalized spacial score (nSPS) is 37.4. The molecule has 4 heterocycles. The summed E-state index contributed by atoms with van der Waals surface area (Å²) in [6, 6.07) is 9.28. The lowest BCUT2D eigenvalue weighted by atomic mass is 9.74. The van der Waals surface area contributed by atoms with Crippen LogP contribution in [-0.2, 0) is 42.8 Å². The maximum Gasteiger partial charge on any atom is 0.509 e. The number of methoxy groups -OCH3 is 1. The first kappa shape index (κ1) is 44.0. The fraction of sp³-hybridized carbons (Fsp3) is 0.651. The average molecular weight is 794 g/mol. The number of likely N-dealkylation sites (N-methyl/N-ethyl adjacent to an activating group) is 1. The predicted molar refractivity (Wildman–Crippen MR) is 211 cm³/mol. The Morgan fingerprint density at radius 1 is 1.04 bits per heavy atom. The molecule has 2 aromatic rings. The summed E-state index contributed by atoms with van der Waals surface area (Å²) in [5, 5.41) is 17.1. The number of carbonyl (C=O) groups is 3. The Morgan fingerprint density at radius 3 is 2.44 bits per heavy atom. The van der Waals surface area contributed by atoms with Crippen LogP contribution in [0.2, 0.25) is 0 Å². The van der Waals surface area contributed by atoms with Crippen LogP contribution in [0.3, 0.4) is 0 Å². The van der Waals surface area contributed by atoms with E-state index in [4.69, 9.17) is 33.3 Å². The van der Waals surface area contributed by atoms with E-state index >= 15 is 0 Å². The zero-order valence-corrected chi connectivity index (χ0v) is 35.0. The number of hydrogen-bond acceptors (Lipinski definition) is 14. The van der Waals surface area contributed by atoms with Crippen LogP contribution >= 0.6 is 0 Å². The molecule has 0 bridgehead atoms. The Morgan fingerprint density at radius 2 is 1.75 bits per heavy atom. The number of rotatable bonds is 7. The van der Waals surface area contributed by atoms with E-state index in [2.05, 4.69) is 22.0 Å². The molecule has 14 heteroatoms. The van der Waals surface area contributed by atoms with Gasteiger partial charge in [0.05, 0.1) is 29.0 Å². The number of ether oxygens (including phenoxy) is 6. The van der Waals surface area contributed by atoms with Crippen LogP contribution in [0.25, 0.3) is 10.9 Å². The van der Waals surface area contributed by atoms with Gasteiger partial charge in [-0.1, -0.05) is 62.9 Å². The predicted octanol–water partition coefficient (Wildman–Crippen LogP) is 5.31. The van der Waals surface area contributed by atoms with Gasteiger partial charge in [0.15, 0.2) is 30.4 Å². The SMILES string of the molecule is CC[C@H]1OC(=O)[C@H](C)C(=O)[C@H](C)[C@@H](O[C@@H]2O[C@H](C)C[C@H](N(C)C)[C@H]2O)[C@](C)(OC)C[C@@H](C)/C(=N\OCC#Cc2ccnc3ccccc23)[C@H](C)[C@H]2OC(=O)O[C@@]21C. The molecule has 5 rings (SSSR count).